The van der Waals surface area contributed by atoms with Crippen LogP contribution in [0.4, 0.5) is 4.79 Å². The van der Waals surface area contributed by atoms with Gasteiger partial charge in [0.2, 0.25) is 0 Å². The Morgan fingerprint density at radius 3 is 1.73 bits per heavy atom. The molecule has 260 valence electrons. The maximum absolute atomic E-state index is 11.8. The van der Waals surface area contributed by atoms with Crippen LogP contribution in [-0.4, -0.2) is 68.3 Å². The minimum absolute atomic E-state index is 0.0214. The lowest BCUT2D eigenvalue weighted by molar-refractivity contribution is -0.161. The second-order valence-electron chi connectivity index (χ2n) is 14.8. The quantitative estimate of drug-likeness (QED) is 0.129. The van der Waals surface area contributed by atoms with E-state index in [-0.39, 0.29) is 48.1 Å². The third-order valence-corrected chi connectivity index (χ3v) is 9.75. The fourth-order valence-corrected chi connectivity index (χ4v) is 4.77. The summed E-state index contributed by atoms with van der Waals surface area (Å²) in [6, 6.07) is 0. The van der Waals surface area contributed by atoms with Crippen LogP contribution >= 0.6 is 0 Å². The summed E-state index contributed by atoms with van der Waals surface area (Å²) in [7, 11) is 0. The fraction of sp³-hybridized carbons (Fsp3) is 0.886. The molecule has 4 fully saturated rings. The van der Waals surface area contributed by atoms with E-state index in [1.165, 1.54) is 19.3 Å². The van der Waals surface area contributed by atoms with E-state index in [0.29, 0.717) is 31.2 Å². The normalized spacial score (nSPS) is 24.7. The molecule has 2 aliphatic heterocycles. The number of esters is 3. The first-order valence-electron chi connectivity index (χ1n) is 17.1. The van der Waals surface area contributed by atoms with Gasteiger partial charge in [-0.2, -0.15) is 0 Å². The van der Waals surface area contributed by atoms with Gasteiger partial charge in [0.15, 0.2) is 6.10 Å². The van der Waals surface area contributed by atoms with E-state index in [2.05, 4.69) is 4.74 Å². The molecule has 4 unspecified atom stereocenters. The molecule has 4 rings (SSSR count). The first-order chi connectivity index (χ1) is 21.0. The Kier molecular flexibility index (Phi) is 15.1. The van der Waals surface area contributed by atoms with Crippen LogP contribution in [0.15, 0.2) is 0 Å². The average Bonchev–Trinajstić information content (AvgIpc) is 3.69. The number of epoxide rings is 1. The predicted molar refractivity (Wildman–Crippen MR) is 169 cm³/mol. The molecule has 10 heteroatoms. The molecule has 0 N–H and O–H groups in total. The predicted octanol–water partition coefficient (Wildman–Crippen LogP) is 7.33. The van der Waals surface area contributed by atoms with Gasteiger partial charge in [0, 0.05) is 0 Å². The zero-order valence-electron chi connectivity index (χ0n) is 29.4. The van der Waals surface area contributed by atoms with Gasteiger partial charge in [-0.1, -0.05) is 27.2 Å². The lowest BCUT2D eigenvalue weighted by Gasteiger charge is -2.27. The van der Waals surface area contributed by atoms with E-state index in [9.17, 15) is 19.2 Å². The molecule has 0 amide bonds. The zero-order chi connectivity index (χ0) is 33.8. The number of carbonyl (C=O) groups excluding carboxylic acids is 4. The standard InChI is InChI=1S/C13H22O3.C12H22O2.C10H16O5/c1-4-13(2,3)12(14)15-8-9-5-6-10-11(7-9)16-10;1-4-12(2,3)11(13)14-10-8-6-5-7-9-10;1-4-10(2,3)8(11)13-5-7-6-14-9(12)15-7/h9-11H,4-8H2,1-3H3;10H,4-9H2,1-3H3;7H,4-6H2,1-3H3. The van der Waals surface area contributed by atoms with Gasteiger partial charge in [0.05, 0.1) is 35.1 Å². The summed E-state index contributed by atoms with van der Waals surface area (Å²) in [6.07, 6.45) is 11.6. The summed E-state index contributed by atoms with van der Waals surface area (Å²) in [5.74, 6) is 0.147. The molecule has 0 radical (unpaired) electrons. The molecule has 2 aliphatic carbocycles. The molecule has 10 nitrogen and oxygen atoms in total. The van der Waals surface area contributed by atoms with Crippen molar-refractivity contribution in [3.8, 4) is 0 Å². The zero-order valence-corrected chi connectivity index (χ0v) is 29.4. The summed E-state index contributed by atoms with van der Waals surface area (Å²) < 4.78 is 30.7. The maximum Gasteiger partial charge on any atom is 0.508 e. The van der Waals surface area contributed by atoms with Crippen molar-refractivity contribution in [3.63, 3.8) is 0 Å². The second-order valence-corrected chi connectivity index (χ2v) is 14.8. The van der Waals surface area contributed by atoms with Crippen molar-refractivity contribution in [1.29, 1.82) is 0 Å². The van der Waals surface area contributed by atoms with Gasteiger partial charge in [-0.25, -0.2) is 4.79 Å². The molecule has 2 heterocycles. The summed E-state index contributed by atoms with van der Waals surface area (Å²) in [5, 5.41) is 0. The second kappa shape index (κ2) is 17.5. The monoisotopic (exact) mass is 640 g/mol. The van der Waals surface area contributed by atoms with Crippen LogP contribution in [0.2, 0.25) is 0 Å². The number of cyclic esters (lactones) is 2. The highest BCUT2D eigenvalue weighted by atomic mass is 16.8. The molecule has 0 aromatic carbocycles. The average molecular weight is 641 g/mol. The molecule has 0 aromatic heterocycles. The molecular formula is C35H60O10. The summed E-state index contributed by atoms with van der Waals surface area (Å²) in [4.78, 5) is 45.6. The highest BCUT2D eigenvalue weighted by Gasteiger charge is 2.44. The first-order valence-corrected chi connectivity index (χ1v) is 17.1. The van der Waals surface area contributed by atoms with Crippen LogP contribution in [0.25, 0.3) is 0 Å². The molecule has 0 bridgehead atoms. The Labute approximate surface area is 270 Å². The van der Waals surface area contributed by atoms with E-state index in [1.807, 2.05) is 62.3 Å². The molecular weight excluding hydrogens is 580 g/mol. The van der Waals surface area contributed by atoms with Gasteiger partial charge in [0.25, 0.3) is 0 Å². The summed E-state index contributed by atoms with van der Waals surface area (Å²) >= 11 is 0. The Morgan fingerprint density at radius 1 is 0.711 bits per heavy atom. The Hall–Kier alpha value is -2.36. The van der Waals surface area contributed by atoms with E-state index in [1.54, 1.807) is 0 Å². The van der Waals surface area contributed by atoms with Gasteiger partial charge < -0.3 is 28.4 Å². The SMILES string of the molecule is CCC(C)(C)C(=O)OC1CCCCC1.CCC(C)(C)C(=O)OCC1CCC2OC2C1.CCC(C)(C)C(=O)OCC1COC(=O)O1. The van der Waals surface area contributed by atoms with Crippen molar-refractivity contribution in [2.24, 2.45) is 22.2 Å². The third-order valence-electron chi connectivity index (χ3n) is 9.75. The van der Waals surface area contributed by atoms with Crippen LogP contribution in [-0.2, 0) is 42.8 Å². The number of rotatable bonds is 11. The van der Waals surface area contributed by atoms with Crippen molar-refractivity contribution >= 4 is 24.1 Å². The van der Waals surface area contributed by atoms with Gasteiger partial charge in [-0.15, -0.1) is 0 Å². The van der Waals surface area contributed by atoms with Crippen LogP contribution in [0.3, 0.4) is 0 Å². The van der Waals surface area contributed by atoms with Crippen molar-refractivity contribution in [2.75, 3.05) is 19.8 Å². The van der Waals surface area contributed by atoms with Gasteiger partial charge >= 0.3 is 24.1 Å². The number of carbonyl (C=O) groups is 4. The van der Waals surface area contributed by atoms with Crippen LogP contribution < -0.4 is 0 Å². The van der Waals surface area contributed by atoms with Crippen LogP contribution in [0.1, 0.15) is 133 Å². The van der Waals surface area contributed by atoms with Crippen LogP contribution in [0, 0.1) is 22.2 Å². The van der Waals surface area contributed by atoms with E-state index in [0.717, 1.165) is 44.9 Å². The van der Waals surface area contributed by atoms with E-state index < -0.39 is 17.7 Å². The van der Waals surface area contributed by atoms with Gasteiger partial charge in [0.1, 0.15) is 19.3 Å². The molecule has 2 saturated heterocycles. The highest BCUT2D eigenvalue weighted by Crippen LogP contribution is 2.39. The summed E-state index contributed by atoms with van der Waals surface area (Å²) in [5.41, 5.74) is -1.14. The molecule has 2 saturated carbocycles. The van der Waals surface area contributed by atoms with Gasteiger partial charge in [-0.3, -0.25) is 14.4 Å². The van der Waals surface area contributed by atoms with E-state index >= 15 is 0 Å². The smallest absolute Gasteiger partial charge is 0.465 e. The Bertz CT molecular complexity index is 965. The Morgan fingerprint density at radius 2 is 1.24 bits per heavy atom. The largest absolute Gasteiger partial charge is 0.508 e. The Balaban J connectivity index is 0.000000236. The van der Waals surface area contributed by atoms with E-state index in [4.69, 9.17) is 23.7 Å². The number of hydrogen-bond donors (Lipinski definition) is 0. The number of hydrogen-bond acceptors (Lipinski definition) is 10. The maximum atomic E-state index is 11.8. The van der Waals surface area contributed by atoms with Crippen molar-refractivity contribution in [1.82, 2.24) is 0 Å². The van der Waals surface area contributed by atoms with Crippen molar-refractivity contribution < 1.29 is 47.6 Å². The third kappa shape index (κ3) is 13.1. The molecule has 0 aromatic rings. The van der Waals surface area contributed by atoms with Crippen molar-refractivity contribution in [2.45, 2.75) is 157 Å². The van der Waals surface area contributed by atoms with Gasteiger partial charge in [-0.05, 0) is 112 Å². The lowest BCUT2D eigenvalue weighted by atomic mass is 9.89. The molecule has 4 aliphatic rings. The first kappa shape index (κ1) is 38.8. The topological polar surface area (TPSA) is 127 Å². The summed E-state index contributed by atoms with van der Waals surface area (Å²) in [6.45, 7) is 18.2. The minimum Gasteiger partial charge on any atom is -0.465 e. The lowest BCUT2D eigenvalue weighted by Crippen LogP contribution is -2.31. The number of ether oxygens (including phenoxy) is 6. The molecule has 4 atom stereocenters. The fourth-order valence-electron chi connectivity index (χ4n) is 4.77. The highest BCUT2D eigenvalue weighted by molar-refractivity contribution is 5.76. The molecule has 0 spiro atoms. The number of fused-ring (bicyclic) bond motifs is 1. The minimum atomic E-state index is -0.703. The van der Waals surface area contributed by atoms with Crippen molar-refractivity contribution in [3.05, 3.63) is 0 Å². The van der Waals surface area contributed by atoms with Crippen LogP contribution in [0.5, 0.6) is 0 Å². The molecule has 45 heavy (non-hydrogen) atoms.